The van der Waals surface area contributed by atoms with Crippen molar-refractivity contribution in [3.8, 4) is 0 Å². The average Bonchev–Trinajstić information content (AvgIpc) is 3.58. The van der Waals surface area contributed by atoms with Gasteiger partial charge in [0.05, 0.1) is 0 Å². The minimum atomic E-state index is -1.15. The molecule has 2 heterocycles. The van der Waals surface area contributed by atoms with Gasteiger partial charge in [-0.15, -0.1) is 12.4 Å². The molecule has 3 aliphatic rings. The summed E-state index contributed by atoms with van der Waals surface area (Å²) in [6.45, 7) is 0.0354. The molecule has 3 fully saturated rings. The number of nitrogens with one attached hydrogen (secondary N) is 1. The summed E-state index contributed by atoms with van der Waals surface area (Å²) in [6.07, 6.45) is 9.36. The third-order valence-electron chi connectivity index (χ3n) is 9.15. The number of aromatic carboxylic acids is 1. The minimum Gasteiger partial charge on any atom is -0.475 e. The van der Waals surface area contributed by atoms with Crippen LogP contribution >= 0.6 is 12.4 Å². The Balaban J connectivity index is 0.00000353. The summed E-state index contributed by atoms with van der Waals surface area (Å²) in [5.41, 5.74) is 6.90. The fourth-order valence-electron chi connectivity index (χ4n) is 7.05. The van der Waals surface area contributed by atoms with E-state index >= 15 is 0 Å². The van der Waals surface area contributed by atoms with Crippen LogP contribution in [-0.4, -0.2) is 53.1 Å². The van der Waals surface area contributed by atoms with E-state index in [2.05, 4.69) is 5.32 Å². The molecular weight excluding hydrogens is 525 g/mol. The van der Waals surface area contributed by atoms with Gasteiger partial charge in [-0.05, 0) is 74.1 Å². The molecule has 1 aromatic carbocycles. The first-order valence-electron chi connectivity index (χ1n) is 14.1. The van der Waals surface area contributed by atoms with Gasteiger partial charge in [0.1, 0.15) is 18.3 Å². The van der Waals surface area contributed by atoms with Crippen LogP contribution in [0.1, 0.15) is 74.8 Å². The Morgan fingerprint density at radius 1 is 1.05 bits per heavy atom. The number of carbonyl (C=O) groups excluding carboxylic acids is 2. The molecule has 39 heavy (non-hydrogen) atoms. The van der Waals surface area contributed by atoms with Gasteiger partial charge in [0.25, 0.3) is 0 Å². The molecule has 214 valence electrons. The highest BCUT2D eigenvalue weighted by molar-refractivity contribution is 6.00. The van der Waals surface area contributed by atoms with Crippen molar-refractivity contribution in [3.05, 3.63) is 30.0 Å². The smallest absolute Gasteiger partial charge is 0.371 e. The Kier molecular flexibility index (Phi) is 9.54. The van der Waals surface area contributed by atoms with E-state index in [4.69, 9.17) is 10.2 Å². The third kappa shape index (κ3) is 6.24. The van der Waals surface area contributed by atoms with Gasteiger partial charge in [0, 0.05) is 29.6 Å². The van der Waals surface area contributed by atoms with Crippen LogP contribution in [0.2, 0.25) is 0 Å². The van der Waals surface area contributed by atoms with Crippen molar-refractivity contribution in [2.24, 2.45) is 29.4 Å². The first kappa shape index (κ1) is 29.3. The highest BCUT2D eigenvalue weighted by Gasteiger charge is 2.47. The zero-order valence-electron chi connectivity index (χ0n) is 22.1. The lowest BCUT2D eigenvalue weighted by molar-refractivity contribution is -0.142. The van der Waals surface area contributed by atoms with E-state index in [0.29, 0.717) is 42.0 Å². The Morgan fingerprint density at radius 3 is 2.44 bits per heavy atom. The standard InChI is InChI=1S/C29H38FN3O5.ClH/c30-16-23(31)18-6-8-19(9-7-18)28(35)33-13-12-22(17-4-2-1-3-5-17)26(33)27(34)32-21-10-11-24-20(14-21)15-25(38-24)29(36)37;/h10-11,14-15,17-19,22-23,26H,1-9,12-13,16,31H2,(H,32,34)(H,36,37);1H/t18?,19?,22-,23+,26-;/m0./s1. The van der Waals surface area contributed by atoms with Crippen LogP contribution in [0.5, 0.6) is 0 Å². The number of likely N-dealkylation sites (tertiary alicyclic amines) is 1. The van der Waals surface area contributed by atoms with Gasteiger partial charge in [0.2, 0.25) is 17.6 Å². The van der Waals surface area contributed by atoms with Crippen LogP contribution in [-0.2, 0) is 9.59 Å². The molecule has 2 aromatic rings. The number of anilines is 1. The lowest BCUT2D eigenvalue weighted by Gasteiger charge is -2.36. The molecule has 1 aromatic heterocycles. The van der Waals surface area contributed by atoms with Crippen molar-refractivity contribution in [3.63, 3.8) is 0 Å². The number of rotatable bonds is 7. The number of amides is 2. The van der Waals surface area contributed by atoms with Crippen LogP contribution in [0.25, 0.3) is 11.0 Å². The van der Waals surface area contributed by atoms with E-state index in [1.807, 2.05) is 4.90 Å². The first-order chi connectivity index (χ1) is 18.4. The summed E-state index contributed by atoms with van der Waals surface area (Å²) < 4.78 is 18.4. The molecule has 2 aliphatic carbocycles. The summed E-state index contributed by atoms with van der Waals surface area (Å²) in [5.74, 6) is -0.977. The van der Waals surface area contributed by atoms with E-state index in [1.165, 1.54) is 12.5 Å². The van der Waals surface area contributed by atoms with Crippen LogP contribution in [0.4, 0.5) is 10.1 Å². The second kappa shape index (κ2) is 12.7. The van der Waals surface area contributed by atoms with Gasteiger partial charge in [-0.25, -0.2) is 9.18 Å². The molecule has 0 spiro atoms. The topological polar surface area (TPSA) is 126 Å². The molecule has 10 heteroatoms. The maximum absolute atomic E-state index is 13.8. The number of hydrogen-bond acceptors (Lipinski definition) is 5. The second-order valence-electron chi connectivity index (χ2n) is 11.4. The number of hydrogen-bond donors (Lipinski definition) is 3. The summed E-state index contributed by atoms with van der Waals surface area (Å²) in [6, 6.07) is 5.48. The Morgan fingerprint density at radius 2 is 1.77 bits per heavy atom. The van der Waals surface area contributed by atoms with Crippen molar-refractivity contribution in [2.75, 3.05) is 18.5 Å². The van der Waals surface area contributed by atoms with Gasteiger partial charge < -0.3 is 25.5 Å². The number of nitrogens with zero attached hydrogens (tertiary/aromatic N) is 1. The van der Waals surface area contributed by atoms with Crippen molar-refractivity contribution >= 4 is 46.8 Å². The molecule has 0 radical (unpaired) electrons. The predicted molar refractivity (Wildman–Crippen MR) is 149 cm³/mol. The molecule has 1 aliphatic heterocycles. The lowest BCUT2D eigenvalue weighted by Crippen LogP contribution is -2.50. The van der Waals surface area contributed by atoms with E-state index in [9.17, 15) is 23.9 Å². The Hall–Kier alpha value is -2.65. The molecule has 0 bridgehead atoms. The minimum absolute atomic E-state index is 0. The number of carboxylic acid groups (broad SMARTS) is 1. The van der Waals surface area contributed by atoms with Crippen molar-refractivity contribution in [1.29, 1.82) is 0 Å². The van der Waals surface area contributed by atoms with Gasteiger partial charge in [-0.3, -0.25) is 9.59 Å². The number of fused-ring (bicyclic) bond motifs is 1. The Labute approximate surface area is 234 Å². The summed E-state index contributed by atoms with van der Waals surface area (Å²) >= 11 is 0. The molecule has 2 amide bonds. The van der Waals surface area contributed by atoms with Gasteiger partial charge >= 0.3 is 5.97 Å². The van der Waals surface area contributed by atoms with Crippen LogP contribution in [0.3, 0.4) is 0 Å². The molecule has 1 saturated heterocycles. The molecule has 0 unspecified atom stereocenters. The van der Waals surface area contributed by atoms with Gasteiger partial charge in [-0.2, -0.15) is 0 Å². The maximum Gasteiger partial charge on any atom is 0.371 e. The van der Waals surface area contributed by atoms with E-state index in [-0.39, 0.29) is 47.7 Å². The molecule has 2 saturated carbocycles. The zero-order chi connectivity index (χ0) is 26.8. The van der Waals surface area contributed by atoms with Gasteiger partial charge in [-0.1, -0.05) is 32.1 Å². The summed E-state index contributed by atoms with van der Waals surface area (Å²) in [5, 5.41) is 12.8. The normalized spacial score (nSPS) is 26.7. The largest absolute Gasteiger partial charge is 0.475 e. The van der Waals surface area contributed by atoms with Gasteiger partial charge in [0.15, 0.2) is 0 Å². The maximum atomic E-state index is 13.8. The number of carboxylic acids is 1. The number of alkyl halides is 1. The zero-order valence-corrected chi connectivity index (χ0v) is 23.0. The van der Waals surface area contributed by atoms with Crippen LogP contribution in [0, 0.1) is 23.7 Å². The number of nitrogens with two attached hydrogens (primary N) is 1. The Bertz CT molecular complexity index is 1170. The molecular formula is C29H39ClFN3O5. The van der Waals surface area contributed by atoms with E-state index in [1.54, 1.807) is 18.2 Å². The highest BCUT2D eigenvalue weighted by atomic mass is 35.5. The highest BCUT2D eigenvalue weighted by Crippen LogP contribution is 2.41. The fourth-order valence-corrected chi connectivity index (χ4v) is 7.05. The summed E-state index contributed by atoms with van der Waals surface area (Å²) in [4.78, 5) is 40.7. The molecule has 4 N–H and O–H groups in total. The van der Waals surface area contributed by atoms with Crippen LogP contribution in [0.15, 0.2) is 28.7 Å². The number of halogens is 2. The SMILES string of the molecule is Cl.N[C@H](CF)C1CCC(C(=O)N2CC[C@@H](C3CCCCC3)[C@H]2C(=O)Nc2ccc3oc(C(=O)O)cc3c2)CC1. The van der Waals surface area contributed by atoms with Crippen molar-refractivity contribution in [1.82, 2.24) is 4.90 Å². The van der Waals surface area contributed by atoms with Crippen molar-refractivity contribution < 1.29 is 28.3 Å². The number of furan rings is 1. The third-order valence-corrected chi connectivity index (χ3v) is 9.15. The first-order valence-corrected chi connectivity index (χ1v) is 14.1. The van der Waals surface area contributed by atoms with Crippen molar-refractivity contribution in [2.45, 2.75) is 76.3 Å². The predicted octanol–water partition coefficient (Wildman–Crippen LogP) is 5.39. The van der Waals surface area contributed by atoms with E-state index in [0.717, 1.165) is 44.9 Å². The molecule has 3 atom stereocenters. The quantitative estimate of drug-likeness (QED) is 0.414. The summed E-state index contributed by atoms with van der Waals surface area (Å²) in [7, 11) is 0. The second-order valence-corrected chi connectivity index (χ2v) is 11.4. The lowest BCUT2D eigenvalue weighted by atomic mass is 9.76. The molecule has 8 nitrogen and oxygen atoms in total. The fraction of sp³-hybridized carbons (Fsp3) is 0.621. The average molecular weight is 564 g/mol. The number of carbonyl (C=O) groups is 3. The van der Waals surface area contributed by atoms with E-state index < -0.39 is 24.7 Å². The van der Waals surface area contributed by atoms with Crippen LogP contribution < -0.4 is 11.1 Å². The monoisotopic (exact) mass is 563 g/mol. The number of benzene rings is 1. The molecule has 5 rings (SSSR count).